The number of benzene rings is 1. The van der Waals surface area contributed by atoms with E-state index in [1.165, 1.54) is 0 Å². The fourth-order valence-corrected chi connectivity index (χ4v) is 3.85. The van der Waals surface area contributed by atoms with Crippen molar-refractivity contribution in [2.24, 2.45) is 5.92 Å². The van der Waals surface area contributed by atoms with Gasteiger partial charge in [0.05, 0.1) is 17.7 Å². The van der Waals surface area contributed by atoms with Gasteiger partial charge >= 0.3 is 0 Å². The van der Waals surface area contributed by atoms with Crippen LogP contribution in [0.15, 0.2) is 59.7 Å². The Morgan fingerprint density at radius 3 is 2.87 bits per heavy atom. The molecule has 0 saturated heterocycles. The van der Waals surface area contributed by atoms with Crippen molar-refractivity contribution in [3.05, 3.63) is 82.3 Å². The predicted octanol–water partition coefficient (Wildman–Crippen LogP) is 4.18. The Balaban J connectivity index is 1.35. The number of nitrogens with zero attached hydrogens (tertiary/aromatic N) is 3. The summed E-state index contributed by atoms with van der Waals surface area (Å²) in [5.74, 6) is 1.97. The summed E-state index contributed by atoms with van der Waals surface area (Å²) in [7, 11) is 0. The summed E-state index contributed by atoms with van der Waals surface area (Å²) in [6.45, 7) is 4.34. The summed E-state index contributed by atoms with van der Waals surface area (Å²) in [4.78, 5) is 28.1. The Morgan fingerprint density at radius 2 is 1.97 bits per heavy atom. The monoisotopic (exact) mass is 398 g/mol. The van der Waals surface area contributed by atoms with Crippen LogP contribution in [0.5, 0.6) is 5.88 Å². The summed E-state index contributed by atoms with van der Waals surface area (Å²) in [6, 6.07) is 14.0. The van der Waals surface area contributed by atoms with E-state index < -0.39 is 0 Å². The van der Waals surface area contributed by atoms with Crippen LogP contribution in [0, 0.1) is 19.8 Å². The van der Waals surface area contributed by atoms with Crippen LogP contribution < -0.4 is 10.3 Å². The lowest BCUT2D eigenvalue weighted by atomic mass is 10.1. The van der Waals surface area contributed by atoms with Gasteiger partial charge in [0.2, 0.25) is 11.4 Å². The van der Waals surface area contributed by atoms with E-state index in [9.17, 15) is 4.79 Å². The van der Waals surface area contributed by atoms with Gasteiger partial charge in [-0.15, -0.1) is 0 Å². The van der Waals surface area contributed by atoms with Gasteiger partial charge in [-0.1, -0.05) is 24.3 Å². The van der Waals surface area contributed by atoms with Gasteiger partial charge in [-0.2, -0.15) is 4.98 Å². The molecule has 5 rings (SSSR count). The molecule has 0 amide bonds. The SMILES string of the molecule is Cc1ncc(-c2cc(=O)[nH]cc2C)c(OCC2C[C@@H]2c2ccc3ccccc3n2)n1. The molecule has 4 aromatic rings. The average Bonchev–Trinajstić information content (AvgIpc) is 3.54. The minimum atomic E-state index is -0.160. The summed E-state index contributed by atoms with van der Waals surface area (Å²) in [5, 5.41) is 1.16. The van der Waals surface area contributed by atoms with Crippen LogP contribution in [0.3, 0.4) is 0 Å². The van der Waals surface area contributed by atoms with Crippen molar-refractivity contribution >= 4 is 10.9 Å². The maximum atomic E-state index is 11.8. The molecule has 0 aliphatic heterocycles. The fourth-order valence-electron chi connectivity index (χ4n) is 3.85. The Bertz CT molecular complexity index is 1300. The number of aromatic amines is 1. The van der Waals surface area contributed by atoms with Gasteiger partial charge in [0.15, 0.2) is 0 Å². The largest absolute Gasteiger partial charge is 0.477 e. The number of ether oxygens (including phenoxy) is 1. The molecule has 6 heteroatoms. The molecule has 6 nitrogen and oxygen atoms in total. The van der Waals surface area contributed by atoms with Crippen LogP contribution in [-0.4, -0.2) is 26.5 Å². The second-order valence-electron chi connectivity index (χ2n) is 7.87. The number of hydrogen-bond donors (Lipinski definition) is 1. The molecule has 3 aromatic heterocycles. The highest BCUT2D eigenvalue weighted by molar-refractivity contribution is 5.78. The molecule has 150 valence electrons. The highest BCUT2D eigenvalue weighted by atomic mass is 16.5. The molecule has 1 aliphatic rings. The molecule has 30 heavy (non-hydrogen) atoms. The van der Waals surface area contributed by atoms with Crippen LogP contribution >= 0.6 is 0 Å². The van der Waals surface area contributed by atoms with E-state index in [2.05, 4.69) is 33.2 Å². The maximum absolute atomic E-state index is 11.8. The smallest absolute Gasteiger partial charge is 0.248 e. The fraction of sp³-hybridized carbons (Fsp3) is 0.250. The molecule has 0 bridgehead atoms. The third-order valence-corrected chi connectivity index (χ3v) is 5.65. The first-order valence-electron chi connectivity index (χ1n) is 10.1. The topological polar surface area (TPSA) is 80.8 Å². The summed E-state index contributed by atoms with van der Waals surface area (Å²) >= 11 is 0. The van der Waals surface area contributed by atoms with Crippen LogP contribution in [0.25, 0.3) is 22.0 Å². The quantitative estimate of drug-likeness (QED) is 0.545. The van der Waals surface area contributed by atoms with E-state index in [1.54, 1.807) is 18.5 Å². The first-order chi connectivity index (χ1) is 14.6. The number of para-hydroxylation sites is 1. The van der Waals surface area contributed by atoms with E-state index in [0.717, 1.165) is 39.7 Å². The molecule has 1 aromatic carbocycles. The third kappa shape index (κ3) is 3.56. The normalized spacial score (nSPS) is 17.8. The molecule has 1 saturated carbocycles. The predicted molar refractivity (Wildman–Crippen MR) is 116 cm³/mol. The lowest BCUT2D eigenvalue weighted by Gasteiger charge is -2.12. The molecular weight excluding hydrogens is 376 g/mol. The molecule has 1 aliphatic carbocycles. The van der Waals surface area contributed by atoms with Crippen LogP contribution in [0.4, 0.5) is 0 Å². The number of hydrogen-bond acceptors (Lipinski definition) is 5. The van der Waals surface area contributed by atoms with Gasteiger partial charge in [-0.05, 0) is 43.5 Å². The molecule has 0 spiro atoms. The average molecular weight is 398 g/mol. The molecule has 0 radical (unpaired) electrons. The highest BCUT2D eigenvalue weighted by Crippen LogP contribution is 2.47. The van der Waals surface area contributed by atoms with E-state index >= 15 is 0 Å². The van der Waals surface area contributed by atoms with Crippen molar-refractivity contribution in [2.45, 2.75) is 26.2 Å². The maximum Gasteiger partial charge on any atom is 0.248 e. The minimum Gasteiger partial charge on any atom is -0.477 e. The Labute approximate surface area is 174 Å². The van der Waals surface area contributed by atoms with E-state index in [0.29, 0.717) is 30.1 Å². The second-order valence-corrected chi connectivity index (χ2v) is 7.87. The minimum absolute atomic E-state index is 0.160. The summed E-state index contributed by atoms with van der Waals surface area (Å²) < 4.78 is 6.14. The third-order valence-electron chi connectivity index (χ3n) is 5.65. The first-order valence-corrected chi connectivity index (χ1v) is 10.1. The van der Waals surface area contributed by atoms with Crippen molar-refractivity contribution < 1.29 is 4.74 Å². The van der Waals surface area contributed by atoms with E-state index in [4.69, 9.17) is 9.72 Å². The lowest BCUT2D eigenvalue weighted by Crippen LogP contribution is -2.08. The number of aromatic nitrogens is 4. The standard InChI is InChI=1S/C24H22N4O2/c1-14-11-26-23(29)10-18(14)20-12-25-15(2)27-24(20)30-13-17-9-19(17)22-8-7-16-5-3-4-6-21(16)28-22/h3-8,10-12,17,19H,9,13H2,1-2H3,(H,26,29)/t17?,19-/m0/s1. The van der Waals surface area contributed by atoms with Crippen molar-refractivity contribution in [2.75, 3.05) is 6.61 Å². The van der Waals surface area contributed by atoms with Crippen LogP contribution in [-0.2, 0) is 0 Å². The number of nitrogens with one attached hydrogen (secondary N) is 1. The zero-order valence-electron chi connectivity index (χ0n) is 16.9. The van der Waals surface area contributed by atoms with Crippen molar-refractivity contribution in [1.82, 2.24) is 19.9 Å². The number of fused-ring (bicyclic) bond motifs is 1. The molecule has 1 unspecified atom stereocenters. The van der Waals surface area contributed by atoms with Gasteiger partial charge in [0.25, 0.3) is 0 Å². The zero-order valence-corrected chi connectivity index (χ0v) is 16.9. The molecule has 1 N–H and O–H groups in total. The molecule has 1 fully saturated rings. The first kappa shape index (κ1) is 18.5. The Morgan fingerprint density at radius 1 is 1.10 bits per heavy atom. The highest BCUT2D eigenvalue weighted by Gasteiger charge is 2.40. The van der Waals surface area contributed by atoms with E-state index in [1.807, 2.05) is 32.0 Å². The van der Waals surface area contributed by atoms with Gasteiger partial charge in [0.1, 0.15) is 5.82 Å². The van der Waals surface area contributed by atoms with Crippen LogP contribution in [0.1, 0.15) is 29.4 Å². The summed E-state index contributed by atoms with van der Waals surface area (Å²) in [5.41, 5.74) is 4.46. The Hall–Kier alpha value is -3.54. The van der Waals surface area contributed by atoms with Crippen molar-refractivity contribution in [3.63, 3.8) is 0 Å². The van der Waals surface area contributed by atoms with Gasteiger partial charge in [0, 0.05) is 41.4 Å². The number of aryl methyl sites for hydroxylation is 2. The number of H-pyrrole nitrogens is 1. The van der Waals surface area contributed by atoms with Crippen molar-refractivity contribution in [3.8, 4) is 17.0 Å². The van der Waals surface area contributed by atoms with Gasteiger partial charge < -0.3 is 9.72 Å². The summed E-state index contributed by atoms with van der Waals surface area (Å²) in [6.07, 6.45) is 4.48. The van der Waals surface area contributed by atoms with E-state index in [-0.39, 0.29) is 5.56 Å². The van der Waals surface area contributed by atoms with Gasteiger partial charge in [-0.25, -0.2) is 4.98 Å². The lowest BCUT2D eigenvalue weighted by molar-refractivity contribution is 0.285. The Kier molecular flexibility index (Phi) is 4.54. The molecular formula is C24H22N4O2. The van der Waals surface area contributed by atoms with Crippen LogP contribution in [0.2, 0.25) is 0 Å². The van der Waals surface area contributed by atoms with Crippen molar-refractivity contribution in [1.29, 1.82) is 0 Å². The zero-order chi connectivity index (χ0) is 20.7. The number of pyridine rings is 2. The van der Waals surface area contributed by atoms with Gasteiger partial charge in [-0.3, -0.25) is 9.78 Å². The number of rotatable bonds is 5. The second kappa shape index (κ2) is 7.37. The molecule has 2 atom stereocenters. The molecule has 3 heterocycles.